The van der Waals surface area contributed by atoms with Gasteiger partial charge in [0.1, 0.15) is 11.9 Å². The third kappa shape index (κ3) is 3.46. The number of nitrogens with zero attached hydrogens (tertiary/aromatic N) is 6. The molecule has 1 unspecified atom stereocenters. The van der Waals surface area contributed by atoms with Crippen LogP contribution in [0.4, 0.5) is 0 Å². The molecular formula is C28H28N7+. The first-order valence-corrected chi connectivity index (χ1v) is 12.4. The molecule has 7 rings (SSSR count). The highest BCUT2D eigenvalue weighted by Gasteiger charge is 2.48. The van der Waals surface area contributed by atoms with Gasteiger partial charge in [0, 0.05) is 18.0 Å². The van der Waals surface area contributed by atoms with Crippen LogP contribution in [-0.2, 0) is 0 Å². The molecule has 0 amide bonds. The van der Waals surface area contributed by atoms with Gasteiger partial charge in [-0.1, -0.05) is 30.3 Å². The van der Waals surface area contributed by atoms with Gasteiger partial charge in [0.05, 0.1) is 40.9 Å². The largest absolute Gasteiger partial charge is 0.303 e. The van der Waals surface area contributed by atoms with E-state index >= 15 is 0 Å². The molecule has 174 valence electrons. The van der Waals surface area contributed by atoms with E-state index in [1.807, 2.05) is 42.9 Å². The number of amidine groups is 1. The Balaban J connectivity index is 1.22. The number of rotatable bonds is 5. The summed E-state index contributed by atoms with van der Waals surface area (Å²) in [5, 5.41) is 0. The van der Waals surface area contributed by atoms with E-state index < -0.39 is 0 Å². The van der Waals surface area contributed by atoms with Crippen molar-refractivity contribution in [1.82, 2.24) is 14.9 Å². The molecule has 3 aromatic rings. The van der Waals surface area contributed by atoms with Crippen molar-refractivity contribution in [3.8, 4) is 11.3 Å². The predicted molar refractivity (Wildman–Crippen MR) is 138 cm³/mol. The molecule has 7 heteroatoms. The third-order valence-electron chi connectivity index (χ3n) is 7.78. The Bertz CT molecular complexity index is 1430. The maximum Gasteiger partial charge on any atom is 0.264 e. The molecule has 2 aromatic carbocycles. The minimum atomic E-state index is 0.0590. The SMILES string of the molecule is N[N+]12C=CN=CC1=C(C1CC(CN3CCC3)C1)N=C2c1ccc2ncc(-c3ccccc3)nc2c1. The van der Waals surface area contributed by atoms with E-state index in [9.17, 15) is 0 Å². The lowest BCUT2D eigenvalue weighted by molar-refractivity contribution is -0.750. The van der Waals surface area contributed by atoms with Crippen LogP contribution >= 0.6 is 0 Å². The monoisotopic (exact) mass is 462 g/mol. The van der Waals surface area contributed by atoms with Gasteiger partial charge in [-0.2, -0.15) is 10.8 Å². The fraction of sp³-hybridized carbons (Fsp3) is 0.286. The van der Waals surface area contributed by atoms with Gasteiger partial charge < -0.3 is 4.90 Å². The average Bonchev–Trinajstić information content (AvgIpc) is 3.14. The van der Waals surface area contributed by atoms with Crippen LogP contribution in [0.3, 0.4) is 0 Å². The van der Waals surface area contributed by atoms with Crippen molar-refractivity contribution in [3.05, 3.63) is 84.1 Å². The van der Waals surface area contributed by atoms with E-state index in [2.05, 4.69) is 39.1 Å². The highest BCUT2D eigenvalue weighted by atomic mass is 15.6. The van der Waals surface area contributed by atoms with E-state index in [1.165, 1.54) is 38.9 Å². The third-order valence-corrected chi connectivity index (χ3v) is 7.78. The number of quaternary nitrogens is 1. The van der Waals surface area contributed by atoms with Gasteiger partial charge in [0.25, 0.3) is 5.84 Å². The molecule has 1 saturated carbocycles. The summed E-state index contributed by atoms with van der Waals surface area (Å²) in [7, 11) is 0. The highest BCUT2D eigenvalue weighted by Crippen LogP contribution is 2.45. The van der Waals surface area contributed by atoms with Gasteiger partial charge in [-0.15, -0.1) is 4.59 Å². The molecule has 1 saturated heterocycles. The predicted octanol–water partition coefficient (Wildman–Crippen LogP) is 4.25. The fourth-order valence-corrected chi connectivity index (χ4v) is 5.64. The van der Waals surface area contributed by atoms with Gasteiger partial charge in [0.2, 0.25) is 5.70 Å². The molecule has 2 fully saturated rings. The van der Waals surface area contributed by atoms with E-state index in [0.717, 1.165) is 51.0 Å². The summed E-state index contributed by atoms with van der Waals surface area (Å²) in [5.41, 5.74) is 6.63. The second-order valence-corrected chi connectivity index (χ2v) is 10.1. The van der Waals surface area contributed by atoms with Crippen LogP contribution in [0, 0.1) is 11.8 Å². The second-order valence-electron chi connectivity index (χ2n) is 10.1. The van der Waals surface area contributed by atoms with Crippen LogP contribution in [0.5, 0.6) is 0 Å². The molecule has 4 aliphatic rings. The number of hydrogen-bond acceptors (Lipinski definition) is 6. The minimum absolute atomic E-state index is 0.0590. The molecule has 0 bridgehead atoms. The van der Waals surface area contributed by atoms with Crippen LogP contribution < -0.4 is 5.84 Å². The van der Waals surface area contributed by atoms with Gasteiger partial charge >= 0.3 is 0 Å². The lowest BCUT2D eigenvalue weighted by atomic mass is 9.72. The first-order valence-electron chi connectivity index (χ1n) is 12.4. The number of allylic oxidation sites excluding steroid dienone is 2. The van der Waals surface area contributed by atoms with Crippen molar-refractivity contribution in [2.45, 2.75) is 19.3 Å². The molecule has 35 heavy (non-hydrogen) atoms. The molecule has 4 heterocycles. The first kappa shape index (κ1) is 20.8. The van der Waals surface area contributed by atoms with Crippen LogP contribution in [0.25, 0.3) is 22.3 Å². The van der Waals surface area contributed by atoms with E-state index in [1.54, 1.807) is 6.20 Å². The van der Waals surface area contributed by atoms with Gasteiger partial charge in [-0.3, -0.25) is 9.98 Å². The lowest BCUT2D eigenvalue weighted by Gasteiger charge is -2.41. The summed E-state index contributed by atoms with van der Waals surface area (Å²) in [6.07, 6.45) is 11.1. The maximum absolute atomic E-state index is 6.99. The van der Waals surface area contributed by atoms with Crippen molar-refractivity contribution in [3.63, 3.8) is 0 Å². The topological polar surface area (TPSA) is 79.8 Å². The average molecular weight is 463 g/mol. The van der Waals surface area contributed by atoms with Crippen LogP contribution in [0.1, 0.15) is 24.8 Å². The normalized spacial score (nSPS) is 27.5. The summed E-state index contributed by atoms with van der Waals surface area (Å²) in [6, 6.07) is 16.3. The molecule has 2 N–H and O–H groups in total. The van der Waals surface area contributed by atoms with Crippen LogP contribution in [0.2, 0.25) is 0 Å². The highest BCUT2D eigenvalue weighted by molar-refractivity contribution is 6.02. The Hall–Kier alpha value is -3.52. The Morgan fingerprint density at radius 3 is 2.66 bits per heavy atom. The molecule has 7 nitrogen and oxygen atoms in total. The summed E-state index contributed by atoms with van der Waals surface area (Å²) < 4.78 is 0.0590. The van der Waals surface area contributed by atoms with Gasteiger partial charge in [0.15, 0.2) is 0 Å². The Labute approximate surface area is 204 Å². The van der Waals surface area contributed by atoms with Crippen molar-refractivity contribution in [1.29, 1.82) is 0 Å². The summed E-state index contributed by atoms with van der Waals surface area (Å²) in [4.78, 5) is 21.7. The number of benzene rings is 2. The number of hydrogen-bond donors (Lipinski definition) is 1. The summed E-state index contributed by atoms with van der Waals surface area (Å²) in [5.74, 6) is 9.00. The number of fused-ring (bicyclic) bond motifs is 2. The smallest absolute Gasteiger partial charge is 0.264 e. The Morgan fingerprint density at radius 2 is 1.86 bits per heavy atom. The van der Waals surface area contributed by atoms with Crippen LogP contribution in [-0.4, -0.2) is 51.1 Å². The zero-order valence-corrected chi connectivity index (χ0v) is 19.6. The molecule has 0 radical (unpaired) electrons. The quantitative estimate of drug-likeness (QED) is 0.454. The van der Waals surface area contributed by atoms with Crippen molar-refractivity contribution in [2.24, 2.45) is 27.7 Å². The van der Waals surface area contributed by atoms with Crippen molar-refractivity contribution < 1.29 is 4.59 Å². The van der Waals surface area contributed by atoms with Crippen LogP contribution in [0.15, 0.2) is 88.5 Å². The molecule has 1 atom stereocenters. The first-order chi connectivity index (χ1) is 17.2. The Kier molecular flexibility index (Phi) is 4.77. The van der Waals surface area contributed by atoms with E-state index in [4.69, 9.17) is 15.8 Å². The maximum atomic E-state index is 6.99. The molecule has 1 aromatic heterocycles. The summed E-state index contributed by atoms with van der Waals surface area (Å²) in [6.45, 7) is 3.74. The minimum Gasteiger partial charge on any atom is -0.303 e. The molecule has 3 aliphatic heterocycles. The zero-order chi connectivity index (χ0) is 23.4. The van der Waals surface area contributed by atoms with Gasteiger partial charge in [-0.25, -0.2) is 4.98 Å². The summed E-state index contributed by atoms with van der Waals surface area (Å²) >= 11 is 0. The number of aliphatic imine (C=N–C) groups is 2. The molecular weight excluding hydrogens is 434 g/mol. The fourth-order valence-electron chi connectivity index (χ4n) is 5.64. The molecule has 1 aliphatic carbocycles. The van der Waals surface area contributed by atoms with E-state index in [0.29, 0.717) is 5.92 Å². The number of likely N-dealkylation sites (tertiary alicyclic amines) is 1. The lowest BCUT2D eigenvalue weighted by Crippen LogP contribution is -2.53. The number of nitrogens with two attached hydrogens (primary N) is 1. The van der Waals surface area contributed by atoms with E-state index in [-0.39, 0.29) is 4.59 Å². The molecule has 0 spiro atoms. The standard InChI is InChI=1S/C28H28N7/c29-35-12-9-30-17-26(35)27(22-13-19(14-22)18-34-10-4-11-34)33-28(35)21-7-8-23-24(15-21)32-25(16-31-23)20-5-2-1-3-6-20/h1-3,5-9,12,15-17,19,22H,4,10-11,13-14,18,29H2/q+1. The van der Waals surface area contributed by atoms with Crippen molar-refractivity contribution >= 4 is 23.1 Å². The van der Waals surface area contributed by atoms with Crippen molar-refractivity contribution in [2.75, 3.05) is 19.6 Å². The van der Waals surface area contributed by atoms with Gasteiger partial charge in [-0.05, 0) is 56.5 Å². The zero-order valence-electron chi connectivity index (χ0n) is 19.6. The second kappa shape index (κ2) is 8.02. The number of aromatic nitrogens is 2. The Morgan fingerprint density at radius 1 is 1.00 bits per heavy atom.